The van der Waals surface area contributed by atoms with Crippen molar-refractivity contribution in [2.75, 3.05) is 40.0 Å². The van der Waals surface area contributed by atoms with E-state index in [2.05, 4.69) is 4.98 Å². The second-order valence-electron chi connectivity index (χ2n) is 6.23. The number of hydrogen-bond acceptors (Lipinski definition) is 5. The molecule has 0 unspecified atom stereocenters. The number of pyridine rings is 1. The number of morpholine rings is 1. The smallest absolute Gasteiger partial charge is 0.248 e. The monoisotopic (exact) mass is 320 g/mol. The van der Waals surface area contributed by atoms with Gasteiger partial charge in [0.25, 0.3) is 0 Å². The first-order valence-corrected chi connectivity index (χ1v) is 8.18. The van der Waals surface area contributed by atoms with Crippen LogP contribution in [0.15, 0.2) is 24.4 Å². The second kappa shape index (κ2) is 7.27. The standard InChI is InChI=1S/C17H24N2O4/c1-21-12-16(20)19-9-10-23-17(13-19)7-4-5-14(17)11-22-15-6-2-3-8-18-15/h2-3,6,8,14H,4-5,7,9-13H2,1H3/t14-,17-/m1/s1. The number of nitrogens with zero attached hydrogens (tertiary/aromatic N) is 2. The molecule has 2 aliphatic rings. The predicted molar refractivity (Wildman–Crippen MR) is 84.2 cm³/mol. The van der Waals surface area contributed by atoms with E-state index in [0.717, 1.165) is 19.3 Å². The van der Waals surface area contributed by atoms with Crippen LogP contribution in [0.3, 0.4) is 0 Å². The van der Waals surface area contributed by atoms with Crippen molar-refractivity contribution < 1.29 is 19.0 Å². The normalized spacial score (nSPS) is 27.3. The number of aromatic nitrogens is 1. The highest BCUT2D eigenvalue weighted by Gasteiger charge is 2.48. The average Bonchev–Trinajstić information content (AvgIpc) is 2.96. The van der Waals surface area contributed by atoms with Crippen molar-refractivity contribution in [1.29, 1.82) is 0 Å². The summed E-state index contributed by atoms with van der Waals surface area (Å²) in [4.78, 5) is 18.2. The highest BCUT2D eigenvalue weighted by molar-refractivity contribution is 5.77. The fourth-order valence-electron chi connectivity index (χ4n) is 3.60. The van der Waals surface area contributed by atoms with Crippen molar-refractivity contribution in [3.8, 4) is 5.88 Å². The summed E-state index contributed by atoms with van der Waals surface area (Å²) in [6.07, 6.45) is 4.85. The van der Waals surface area contributed by atoms with Crippen LogP contribution in [0.2, 0.25) is 0 Å². The van der Waals surface area contributed by atoms with E-state index in [9.17, 15) is 4.79 Å². The Labute approximate surface area is 136 Å². The van der Waals surface area contributed by atoms with Gasteiger partial charge in [0.1, 0.15) is 6.61 Å². The Morgan fingerprint density at radius 1 is 1.52 bits per heavy atom. The second-order valence-corrected chi connectivity index (χ2v) is 6.23. The number of carbonyl (C=O) groups is 1. The molecule has 0 bridgehead atoms. The highest BCUT2D eigenvalue weighted by Crippen LogP contribution is 2.41. The van der Waals surface area contributed by atoms with E-state index < -0.39 is 0 Å². The molecule has 2 heterocycles. The molecule has 0 aromatic carbocycles. The van der Waals surface area contributed by atoms with Gasteiger partial charge in [-0.1, -0.05) is 6.07 Å². The molecular formula is C17H24N2O4. The minimum absolute atomic E-state index is 0.0338. The lowest BCUT2D eigenvalue weighted by molar-refractivity contribution is -0.162. The highest BCUT2D eigenvalue weighted by atomic mass is 16.5. The van der Waals surface area contributed by atoms with Crippen molar-refractivity contribution in [1.82, 2.24) is 9.88 Å². The van der Waals surface area contributed by atoms with E-state index in [1.807, 2.05) is 23.1 Å². The summed E-state index contributed by atoms with van der Waals surface area (Å²) in [5.74, 6) is 0.951. The topological polar surface area (TPSA) is 60.9 Å². The SMILES string of the molecule is COCC(=O)N1CCO[C@]2(CCC[C@@H]2COc2ccccn2)C1. The van der Waals surface area contributed by atoms with Gasteiger partial charge in [0, 0.05) is 31.8 Å². The quantitative estimate of drug-likeness (QED) is 0.823. The van der Waals surface area contributed by atoms with Gasteiger partial charge in [-0.3, -0.25) is 4.79 Å². The van der Waals surface area contributed by atoms with Crippen molar-refractivity contribution in [3.63, 3.8) is 0 Å². The number of rotatable bonds is 5. The average molecular weight is 320 g/mol. The molecule has 1 aromatic heterocycles. The molecule has 3 rings (SSSR count). The van der Waals surface area contributed by atoms with Gasteiger partial charge in [-0.15, -0.1) is 0 Å². The number of hydrogen-bond donors (Lipinski definition) is 0. The molecule has 1 saturated carbocycles. The molecule has 1 spiro atoms. The van der Waals surface area contributed by atoms with E-state index in [1.165, 1.54) is 0 Å². The fourth-order valence-corrected chi connectivity index (χ4v) is 3.60. The van der Waals surface area contributed by atoms with Crippen molar-refractivity contribution in [3.05, 3.63) is 24.4 Å². The van der Waals surface area contributed by atoms with Crippen molar-refractivity contribution in [2.45, 2.75) is 24.9 Å². The zero-order chi connectivity index (χ0) is 16.1. The molecule has 1 amide bonds. The first-order valence-electron chi connectivity index (χ1n) is 8.18. The maximum Gasteiger partial charge on any atom is 0.248 e. The van der Waals surface area contributed by atoms with Crippen LogP contribution in [0, 0.1) is 5.92 Å². The molecule has 1 aliphatic carbocycles. The maximum atomic E-state index is 12.1. The lowest BCUT2D eigenvalue weighted by atomic mass is 9.89. The Hall–Kier alpha value is -1.66. The Morgan fingerprint density at radius 2 is 2.43 bits per heavy atom. The van der Waals surface area contributed by atoms with Gasteiger partial charge >= 0.3 is 0 Å². The van der Waals surface area contributed by atoms with Crippen molar-refractivity contribution >= 4 is 5.91 Å². The van der Waals surface area contributed by atoms with Gasteiger partial charge in [-0.05, 0) is 25.3 Å². The first-order chi connectivity index (χ1) is 11.2. The molecule has 2 atom stereocenters. The number of amides is 1. The van der Waals surface area contributed by atoms with Gasteiger partial charge in [0.05, 0.1) is 25.4 Å². The van der Waals surface area contributed by atoms with Gasteiger partial charge < -0.3 is 19.1 Å². The maximum absolute atomic E-state index is 12.1. The van der Waals surface area contributed by atoms with Crippen LogP contribution in [0.25, 0.3) is 0 Å². The van der Waals surface area contributed by atoms with Gasteiger partial charge in [0.15, 0.2) is 0 Å². The predicted octanol–water partition coefficient (Wildman–Crippen LogP) is 1.50. The van der Waals surface area contributed by atoms with E-state index in [-0.39, 0.29) is 24.0 Å². The fraction of sp³-hybridized carbons (Fsp3) is 0.647. The van der Waals surface area contributed by atoms with E-state index in [4.69, 9.17) is 14.2 Å². The van der Waals surface area contributed by atoms with Crippen LogP contribution in [-0.2, 0) is 14.3 Å². The minimum Gasteiger partial charge on any atom is -0.477 e. The molecular weight excluding hydrogens is 296 g/mol. The van der Waals surface area contributed by atoms with Crippen LogP contribution in [-0.4, -0.2) is 61.4 Å². The van der Waals surface area contributed by atoms with E-state index in [1.54, 1.807) is 13.3 Å². The summed E-state index contributed by atoms with van der Waals surface area (Å²) < 4.78 is 17.0. The van der Waals surface area contributed by atoms with Gasteiger partial charge in [0.2, 0.25) is 11.8 Å². The third-order valence-corrected chi connectivity index (χ3v) is 4.80. The molecule has 6 heteroatoms. The van der Waals surface area contributed by atoms with Crippen LogP contribution >= 0.6 is 0 Å². The summed E-state index contributed by atoms with van der Waals surface area (Å²) in [6, 6.07) is 5.64. The summed E-state index contributed by atoms with van der Waals surface area (Å²) >= 11 is 0. The lowest BCUT2D eigenvalue weighted by Crippen LogP contribution is -2.57. The zero-order valence-corrected chi connectivity index (χ0v) is 13.6. The van der Waals surface area contributed by atoms with E-state index >= 15 is 0 Å². The van der Waals surface area contributed by atoms with Crippen molar-refractivity contribution in [2.24, 2.45) is 5.92 Å². The van der Waals surface area contributed by atoms with E-state index in [0.29, 0.717) is 32.2 Å². The molecule has 126 valence electrons. The number of carbonyl (C=O) groups excluding carboxylic acids is 1. The van der Waals surface area contributed by atoms with Crippen LogP contribution in [0.5, 0.6) is 5.88 Å². The van der Waals surface area contributed by atoms with Crippen LogP contribution in [0.4, 0.5) is 0 Å². The number of ether oxygens (including phenoxy) is 3. The third-order valence-electron chi connectivity index (χ3n) is 4.80. The molecule has 6 nitrogen and oxygen atoms in total. The molecule has 1 saturated heterocycles. The summed E-state index contributed by atoms with van der Waals surface area (Å²) in [5, 5.41) is 0. The zero-order valence-electron chi connectivity index (χ0n) is 13.6. The molecule has 2 fully saturated rings. The largest absolute Gasteiger partial charge is 0.477 e. The van der Waals surface area contributed by atoms with Gasteiger partial charge in [-0.25, -0.2) is 4.98 Å². The Morgan fingerprint density at radius 3 is 3.22 bits per heavy atom. The first kappa shape index (κ1) is 16.2. The lowest BCUT2D eigenvalue weighted by Gasteiger charge is -2.43. The summed E-state index contributed by atoms with van der Waals surface area (Å²) in [7, 11) is 1.55. The molecule has 1 aliphatic heterocycles. The Bertz CT molecular complexity index is 525. The Balaban J connectivity index is 1.63. The molecule has 23 heavy (non-hydrogen) atoms. The molecule has 0 N–H and O–H groups in total. The summed E-state index contributed by atoms with van der Waals surface area (Å²) in [6.45, 7) is 2.55. The van der Waals surface area contributed by atoms with Gasteiger partial charge in [-0.2, -0.15) is 0 Å². The van der Waals surface area contributed by atoms with Crippen LogP contribution in [0.1, 0.15) is 19.3 Å². The molecule has 0 radical (unpaired) electrons. The number of methoxy groups -OCH3 is 1. The van der Waals surface area contributed by atoms with Crippen LogP contribution < -0.4 is 4.74 Å². The third kappa shape index (κ3) is 3.64. The minimum atomic E-state index is -0.281. The Kier molecular flexibility index (Phi) is 5.13. The molecule has 1 aromatic rings. The summed E-state index contributed by atoms with van der Waals surface area (Å²) in [5.41, 5.74) is -0.281.